The van der Waals surface area contributed by atoms with E-state index in [1.807, 2.05) is 0 Å². The van der Waals surface area contributed by atoms with Gasteiger partial charge in [-0.15, -0.1) is 0 Å². The van der Waals surface area contributed by atoms with Crippen LogP contribution in [0, 0.1) is 0 Å². The van der Waals surface area contributed by atoms with Crippen LogP contribution in [0.1, 0.15) is 60.2 Å². The van der Waals surface area contributed by atoms with Gasteiger partial charge in [0.2, 0.25) is 0 Å². The number of benzene rings is 1. The third-order valence-corrected chi connectivity index (χ3v) is 4.49. The first-order chi connectivity index (χ1) is 9.86. The van der Waals surface area contributed by atoms with Crippen molar-refractivity contribution in [3.8, 4) is 0 Å². The molecule has 0 saturated carbocycles. The summed E-state index contributed by atoms with van der Waals surface area (Å²) >= 11 is 22.7. The minimum absolute atomic E-state index is 0.00827. The Morgan fingerprint density at radius 3 is 1.95 bits per heavy atom. The maximum absolute atomic E-state index is 11.5. The Morgan fingerprint density at radius 1 is 0.952 bits per heavy atom. The van der Waals surface area contributed by atoms with Gasteiger partial charge in [-0.3, -0.25) is 9.59 Å². The Morgan fingerprint density at radius 2 is 1.48 bits per heavy atom. The highest BCUT2D eigenvalue weighted by Gasteiger charge is 2.38. The highest BCUT2D eigenvalue weighted by molar-refractivity contribution is 6.52. The highest BCUT2D eigenvalue weighted by Crippen LogP contribution is 2.39. The molecule has 1 aliphatic rings. The first-order valence-corrected chi connectivity index (χ1v) is 8.05. The van der Waals surface area contributed by atoms with Crippen molar-refractivity contribution >= 4 is 58.4 Å². The highest BCUT2D eigenvalue weighted by atomic mass is 35.5. The molecule has 0 fully saturated rings. The van der Waals surface area contributed by atoms with Gasteiger partial charge in [-0.2, -0.15) is 4.42 Å². The molecule has 0 radical (unpaired) electrons. The smallest absolute Gasteiger partial charge is 0.267 e. The van der Waals surface area contributed by atoms with E-state index in [0.29, 0.717) is 4.42 Å². The quantitative estimate of drug-likeness (QED) is 0.284. The maximum atomic E-state index is 11.5. The molecule has 0 bridgehead atoms. The van der Waals surface area contributed by atoms with Crippen LogP contribution in [-0.4, -0.2) is 16.2 Å². The van der Waals surface area contributed by atoms with Crippen LogP contribution in [0.4, 0.5) is 0 Å². The van der Waals surface area contributed by atoms with Gasteiger partial charge in [-0.05, 0) is 6.07 Å². The van der Waals surface area contributed by atoms with E-state index >= 15 is 0 Å². The summed E-state index contributed by atoms with van der Waals surface area (Å²) in [4.78, 5) is 22.9. The van der Waals surface area contributed by atoms with Crippen LogP contribution in [0.3, 0.4) is 0 Å². The monoisotopic (exact) mass is 369 g/mol. The SMILES string of the molecule is CCCCCC.O=C1c2cc(Cl)c(Cl)c(Cl)c2C(=O)N1Cl. The standard InChI is InChI=1S/C8HCl4NO2.C6H14/c9-3-1-2-4(6(11)5(3)10)8(15)13(12)7(2)14;1-3-5-6-4-2/h1H;3-6H2,1-2H3. The van der Waals surface area contributed by atoms with Crippen LogP contribution >= 0.6 is 46.6 Å². The van der Waals surface area contributed by atoms with Crippen molar-refractivity contribution in [3.63, 3.8) is 0 Å². The molecule has 0 aliphatic carbocycles. The van der Waals surface area contributed by atoms with Crippen molar-refractivity contribution in [1.82, 2.24) is 4.42 Å². The number of amides is 2. The molecular formula is C14H15Cl4NO2. The van der Waals surface area contributed by atoms with Crippen LogP contribution in [0.15, 0.2) is 6.07 Å². The van der Waals surface area contributed by atoms with E-state index in [2.05, 4.69) is 13.8 Å². The molecule has 1 aliphatic heterocycles. The van der Waals surface area contributed by atoms with E-state index in [9.17, 15) is 9.59 Å². The van der Waals surface area contributed by atoms with Crippen LogP contribution < -0.4 is 0 Å². The molecule has 1 aromatic rings. The van der Waals surface area contributed by atoms with Crippen LogP contribution in [0.25, 0.3) is 0 Å². The predicted octanol–water partition coefficient (Wildman–Crippen LogP) is 5.98. The largest absolute Gasteiger partial charge is 0.277 e. The molecule has 2 rings (SSSR count). The summed E-state index contributed by atoms with van der Waals surface area (Å²) in [6, 6.07) is 1.27. The number of unbranched alkanes of at least 4 members (excludes halogenated alkanes) is 3. The summed E-state index contributed by atoms with van der Waals surface area (Å²) in [5.74, 6) is -1.35. The fourth-order valence-corrected chi connectivity index (χ4v) is 2.63. The Kier molecular flexibility index (Phi) is 7.28. The van der Waals surface area contributed by atoms with Gasteiger partial charge in [-0.1, -0.05) is 74.3 Å². The zero-order valence-corrected chi connectivity index (χ0v) is 14.7. The summed E-state index contributed by atoms with van der Waals surface area (Å²) in [6.45, 7) is 4.46. The summed E-state index contributed by atoms with van der Waals surface area (Å²) < 4.78 is 0.448. The summed E-state index contributed by atoms with van der Waals surface area (Å²) in [5.41, 5.74) is 0.0560. The average molecular weight is 371 g/mol. The fourth-order valence-electron chi connectivity index (χ4n) is 1.77. The lowest BCUT2D eigenvalue weighted by atomic mass is 10.1. The molecule has 0 unspecified atom stereocenters. The minimum Gasteiger partial charge on any atom is -0.267 e. The number of carbonyl (C=O) groups is 2. The van der Waals surface area contributed by atoms with Crippen LogP contribution in [0.2, 0.25) is 15.1 Å². The van der Waals surface area contributed by atoms with Gasteiger partial charge in [0.25, 0.3) is 11.8 Å². The predicted molar refractivity (Wildman–Crippen MR) is 87.6 cm³/mol. The molecule has 7 heteroatoms. The molecule has 0 aromatic heterocycles. The van der Waals surface area contributed by atoms with Crippen LogP contribution in [-0.2, 0) is 0 Å². The number of imide groups is 1. The normalized spacial score (nSPS) is 13.1. The van der Waals surface area contributed by atoms with Gasteiger partial charge < -0.3 is 0 Å². The lowest BCUT2D eigenvalue weighted by molar-refractivity contribution is 0.0767. The second kappa shape index (κ2) is 8.23. The summed E-state index contributed by atoms with van der Waals surface area (Å²) in [7, 11) is 0. The summed E-state index contributed by atoms with van der Waals surface area (Å²) in [5, 5.41) is 0.0828. The zero-order chi connectivity index (χ0) is 16.2. The van der Waals surface area contributed by atoms with Crippen molar-refractivity contribution in [2.24, 2.45) is 0 Å². The van der Waals surface area contributed by atoms with Gasteiger partial charge >= 0.3 is 0 Å². The molecule has 0 atom stereocenters. The van der Waals surface area contributed by atoms with Gasteiger partial charge in [0.15, 0.2) is 0 Å². The molecular weight excluding hydrogens is 356 g/mol. The van der Waals surface area contributed by atoms with Gasteiger partial charge in [-0.25, -0.2) is 0 Å². The number of hydrogen-bond acceptors (Lipinski definition) is 2. The number of carbonyl (C=O) groups excluding carboxylic acids is 2. The van der Waals surface area contributed by atoms with E-state index < -0.39 is 11.8 Å². The lowest BCUT2D eigenvalue weighted by Gasteiger charge is -2.02. The number of fused-ring (bicyclic) bond motifs is 1. The fraction of sp³-hybridized carbons (Fsp3) is 0.429. The number of nitrogens with zero attached hydrogens (tertiary/aromatic N) is 1. The molecule has 1 heterocycles. The number of hydrogen-bond donors (Lipinski definition) is 0. The van der Waals surface area contributed by atoms with Gasteiger partial charge in [0.05, 0.1) is 26.2 Å². The third kappa shape index (κ3) is 4.04. The lowest BCUT2D eigenvalue weighted by Crippen LogP contribution is -2.18. The Balaban J connectivity index is 0.000000315. The van der Waals surface area contributed by atoms with Crippen molar-refractivity contribution in [1.29, 1.82) is 0 Å². The molecule has 21 heavy (non-hydrogen) atoms. The van der Waals surface area contributed by atoms with E-state index in [1.165, 1.54) is 31.7 Å². The van der Waals surface area contributed by atoms with E-state index in [0.717, 1.165) is 0 Å². The summed E-state index contributed by atoms with van der Waals surface area (Å²) in [6.07, 6.45) is 5.54. The maximum Gasteiger partial charge on any atom is 0.277 e. The molecule has 0 N–H and O–H groups in total. The minimum atomic E-state index is -0.694. The topological polar surface area (TPSA) is 37.4 Å². The number of rotatable bonds is 3. The number of halogens is 4. The van der Waals surface area contributed by atoms with Crippen molar-refractivity contribution in [2.45, 2.75) is 39.5 Å². The van der Waals surface area contributed by atoms with Gasteiger partial charge in [0.1, 0.15) is 0 Å². The van der Waals surface area contributed by atoms with E-state index in [1.54, 1.807) is 0 Å². The van der Waals surface area contributed by atoms with Gasteiger partial charge in [0, 0.05) is 11.8 Å². The molecule has 0 saturated heterocycles. The Labute approximate surface area is 144 Å². The molecule has 2 amide bonds. The Bertz CT molecular complexity index is 556. The third-order valence-electron chi connectivity index (χ3n) is 2.92. The average Bonchev–Trinajstić information content (AvgIpc) is 2.68. The van der Waals surface area contributed by atoms with E-state index in [4.69, 9.17) is 46.6 Å². The first kappa shape index (κ1) is 18.6. The second-order valence-electron chi connectivity index (χ2n) is 4.51. The van der Waals surface area contributed by atoms with E-state index in [-0.39, 0.29) is 26.2 Å². The van der Waals surface area contributed by atoms with Crippen LogP contribution in [0.5, 0.6) is 0 Å². The molecule has 116 valence electrons. The first-order valence-electron chi connectivity index (χ1n) is 6.58. The second-order valence-corrected chi connectivity index (χ2v) is 6.01. The molecule has 3 nitrogen and oxygen atoms in total. The zero-order valence-electron chi connectivity index (χ0n) is 11.7. The van der Waals surface area contributed by atoms with Crippen molar-refractivity contribution in [2.75, 3.05) is 0 Å². The molecule has 1 aromatic carbocycles. The molecule has 0 spiro atoms. The van der Waals surface area contributed by atoms with Crippen molar-refractivity contribution < 1.29 is 9.59 Å². The van der Waals surface area contributed by atoms with Crippen molar-refractivity contribution in [3.05, 3.63) is 32.3 Å². The Hall–Kier alpha value is -0.480.